The maximum atomic E-state index is 13.6. The van der Waals surface area contributed by atoms with E-state index in [-0.39, 0.29) is 11.9 Å². The summed E-state index contributed by atoms with van der Waals surface area (Å²) in [5, 5.41) is 8.24. The molecule has 2 aliphatic rings. The summed E-state index contributed by atoms with van der Waals surface area (Å²) in [6, 6.07) is 17.3. The van der Waals surface area contributed by atoms with Gasteiger partial charge in [0.1, 0.15) is 5.00 Å². The number of carbonyl (C=O) groups excluding carboxylic acids is 2. The van der Waals surface area contributed by atoms with Gasteiger partial charge in [-0.25, -0.2) is 0 Å². The molecular formula is C25H24ClN3O3S. The molecule has 0 bridgehead atoms. The van der Waals surface area contributed by atoms with Crippen LogP contribution in [0.2, 0.25) is 5.02 Å². The molecule has 1 amide bonds. The summed E-state index contributed by atoms with van der Waals surface area (Å²) in [5.41, 5.74) is 4.30. The highest BCUT2D eigenvalue weighted by Gasteiger charge is 2.40. The predicted octanol–water partition coefficient (Wildman–Crippen LogP) is 3.81. The third kappa shape index (κ3) is 4.29. The molecule has 0 aliphatic carbocycles. The van der Waals surface area contributed by atoms with E-state index >= 15 is 0 Å². The summed E-state index contributed by atoms with van der Waals surface area (Å²) in [6.45, 7) is 2.46. The van der Waals surface area contributed by atoms with Crippen molar-refractivity contribution in [2.45, 2.75) is 31.7 Å². The molecule has 5 rings (SSSR count). The van der Waals surface area contributed by atoms with E-state index in [1.54, 1.807) is 16.2 Å². The van der Waals surface area contributed by atoms with Crippen LogP contribution in [0.4, 0.5) is 5.00 Å². The highest BCUT2D eigenvalue weighted by molar-refractivity contribution is 7.16. The predicted molar refractivity (Wildman–Crippen MR) is 130 cm³/mol. The molecule has 2 aliphatic heterocycles. The first-order valence-corrected chi connectivity index (χ1v) is 12.2. The summed E-state index contributed by atoms with van der Waals surface area (Å²) in [6.07, 6.45) is 0.456. The fourth-order valence-corrected chi connectivity index (χ4v) is 6.23. The Bertz CT molecular complexity index is 1170. The standard InChI is InChI=1S/C25H24ClN3O3S/c26-19-9-5-4-8-17(19)22-21-18-10-12-27-14-20(18)33-25(21)29(24(31)23(28-22)32-15-30)13-11-16-6-2-1-3-7-16/h1-9,15,22-23,27-28H,10-14H2. The van der Waals surface area contributed by atoms with Crippen LogP contribution in [-0.2, 0) is 33.7 Å². The van der Waals surface area contributed by atoms with E-state index in [1.165, 1.54) is 10.4 Å². The third-order valence-corrected chi connectivity index (χ3v) is 7.78. The lowest BCUT2D eigenvalue weighted by Crippen LogP contribution is -2.47. The van der Waals surface area contributed by atoms with Crippen molar-refractivity contribution >= 4 is 40.3 Å². The van der Waals surface area contributed by atoms with Crippen LogP contribution in [0.25, 0.3) is 0 Å². The number of ether oxygens (including phenoxy) is 1. The molecular weight excluding hydrogens is 458 g/mol. The van der Waals surface area contributed by atoms with Crippen molar-refractivity contribution < 1.29 is 14.3 Å². The minimum absolute atomic E-state index is 0.277. The molecule has 2 N–H and O–H groups in total. The zero-order valence-corrected chi connectivity index (χ0v) is 19.5. The van der Waals surface area contributed by atoms with Crippen molar-refractivity contribution in [1.82, 2.24) is 10.6 Å². The zero-order valence-electron chi connectivity index (χ0n) is 17.9. The first-order valence-electron chi connectivity index (χ1n) is 11.0. The summed E-state index contributed by atoms with van der Waals surface area (Å²) in [5.74, 6) is -0.277. The van der Waals surface area contributed by atoms with E-state index in [2.05, 4.69) is 22.8 Å². The van der Waals surface area contributed by atoms with Gasteiger partial charge < -0.3 is 10.1 Å². The highest BCUT2D eigenvalue weighted by Crippen LogP contribution is 2.46. The number of carbonyl (C=O) groups is 2. The van der Waals surface area contributed by atoms with Crippen molar-refractivity contribution in [3.05, 3.63) is 86.8 Å². The first-order chi connectivity index (χ1) is 16.2. The van der Waals surface area contributed by atoms with E-state index in [1.807, 2.05) is 42.5 Å². The second-order valence-electron chi connectivity index (χ2n) is 8.11. The fourth-order valence-electron chi connectivity index (χ4n) is 4.60. The zero-order chi connectivity index (χ0) is 22.8. The van der Waals surface area contributed by atoms with Crippen molar-refractivity contribution in [1.29, 1.82) is 0 Å². The molecule has 170 valence electrons. The fraction of sp³-hybridized carbons (Fsp3) is 0.280. The Labute approximate surface area is 201 Å². The Morgan fingerprint density at radius 3 is 2.73 bits per heavy atom. The van der Waals surface area contributed by atoms with Crippen LogP contribution in [-0.4, -0.2) is 31.7 Å². The number of rotatable bonds is 6. The summed E-state index contributed by atoms with van der Waals surface area (Å²) in [4.78, 5) is 28.0. The van der Waals surface area contributed by atoms with Gasteiger partial charge in [0.15, 0.2) is 0 Å². The number of thiophene rings is 1. The number of benzene rings is 2. The minimum Gasteiger partial charge on any atom is -0.439 e. The third-order valence-electron chi connectivity index (χ3n) is 6.17. The Kier molecular flexibility index (Phi) is 6.46. The molecule has 8 heteroatoms. The van der Waals surface area contributed by atoms with E-state index in [9.17, 15) is 9.59 Å². The van der Waals surface area contributed by atoms with Gasteiger partial charge in [-0.2, -0.15) is 0 Å². The lowest BCUT2D eigenvalue weighted by Gasteiger charge is -2.24. The highest BCUT2D eigenvalue weighted by atomic mass is 35.5. The van der Waals surface area contributed by atoms with Crippen LogP contribution in [0.5, 0.6) is 0 Å². The summed E-state index contributed by atoms with van der Waals surface area (Å²) < 4.78 is 5.26. The Morgan fingerprint density at radius 2 is 1.94 bits per heavy atom. The largest absolute Gasteiger partial charge is 0.439 e. The van der Waals surface area contributed by atoms with Gasteiger partial charge in [-0.3, -0.25) is 19.8 Å². The van der Waals surface area contributed by atoms with Gasteiger partial charge in [0.2, 0.25) is 6.23 Å². The minimum atomic E-state index is -1.10. The van der Waals surface area contributed by atoms with Gasteiger partial charge in [0, 0.05) is 28.6 Å². The maximum absolute atomic E-state index is 13.6. The summed E-state index contributed by atoms with van der Waals surface area (Å²) in [7, 11) is 0. The number of hydrogen-bond acceptors (Lipinski definition) is 6. The smallest absolute Gasteiger partial charge is 0.295 e. The number of amides is 1. The Balaban J connectivity index is 1.63. The van der Waals surface area contributed by atoms with Crippen LogP contribution >= 0.6 is 22.9 Å². The van der Waals surface area contributed by atoms with Crippen molar-refractivity contribution in [3.63, 3.8) is 0 Å². The SMILES string of the molecule is O=COC1NC(c2ccccc2Cl)c2c(sc3c2CCNC3)N(CCc2ccccc2)C1=O. The molecule has 33 heavy (non-hydrogen) atoms. The van der Waals surface area contributed by atoms with E-state index in [0.717, 1.165) is 41.2 Å². The topological polar surface area (TPSA) is 70.7 Å². The molecule has 0 saturated heterocycles. The molecule has 0 spiro atoms. The van der Waals surface area contributed by atoms with Gasteiger partial charge in [-0.1, -0.05) is 60.1 Å². The first kappa shape index (κ1) is 22.1. The second-order valence-corrected chi connectivity index (χ2v) is 9.60. The van der Waals surface area contributed by atoms with Crippen LogP contribution < -0.4 is 15.5 Å². The number of nitrogens with one attached hydrogen (secondary N) is 2. The number of anilines is 1. The van der Waals surface area contributed by atoms with Gasteiger partial charge in [0.05, 0.1) is 6.04 Å². The quantitative estimate of drug-likeness (QED) is 0.524. The van der Waals surface area contributed by atoms with Crippen molar-refractivity contribution in [2.75, 3.05) is 18.0 Å². The Hall–Kier alpha value is -2.71. The van der Waals surface area contributed by atoms with E-state index < -0.39 is 6.23 Å². The van der Waals surface area contributed by atoms with Gasteiger partial charge in [0.25, 0.3) is 12.4 Å². The van der Waals surface area contributed by atoms with E-state index in [4.69, 9.17) is 16.3 Å². The van der Waals surface area contributed by atoms with Crippen LogP contribution in [0.1, 0.15) is 33.2 Å². The average molecular weight is 482 g/mol. The molecule has 2 atom stereocenters. The van der Waals surface area contributed by atoms with Gasteiger partial charge >= 0.3 is 0 Å². The molecule has 1 aromatic heterocycles. The van der Waals surface area contributed by atoms with Crippen molar-refractivity contribution in [2.24, 2.45) is 0 Å². The molecule has 0 radical (unpaired) electrons. The number of nitrogens with zero attached hydrogens (tertiary/aromatic N) is 1. The number of fused-ring (bicyclic) bond motifs is 3. The lowest BCUT2D eigenvalue weighted by atomic mass is 9.93. The van der Waals surface area contributed by atoms with Gasteiger partial charge in [-0.15, -0.1) is 11.3 Å². The van der Waals surface area contributed by atoms with Crippen molar-refractivity contribution in [3.8, 4) is 0 Å². The van der Waals surface area contributed by atoms with E-state index in [0.29, 0.717) is 24.5 Å². The molecule has 3 aromatic rings. The van der Waals surface area contributed by atoms with Crippen LogP contribution in [0, 0.1) is 0 Å². The van der Waals surface area contributed by atoms with Crippen LogP contribution in [0.15, 0.2) is 54.6 Å². The number of halogens is 1. The molecule has 6 nitrogen and oxygen atoms in total. The molecule has 0 saturated carbocycles. The molecule has 0 fully saturated rings. The maximum Gasteiger partial charge on any atom is 0.295 e. The second kappa shape index (κ2) is 9.65. The van der Waals surface area contributed by atoms with Gasteiger partial charge in [-0.05, 0) is 42.1 Å². The summed E-state index contributed by atoms with van der Waals surface area (Å²) >= 11 is 8.25. The number of hydrogen-bond donors (Lipinski definition) is 2. The molecule has 2 unspecified atom stereocenters. The monoisotopic (exact) mass is 481 g/mol. The average Bonchev–Trinajstić information content (AvgIpc) is 3.17. The lowest BCUT2D eigenvalue weighted by molar-refractivity contribution is -0.145. The Morgan fingerprint density at radius 1 is 1.15 bits per heavy atom. The normalized spacial score (nSPS) is 20.0. The van der Waals surface area contributed by atoms with Crippen LogP contribution in [0.3, 0.4) is 0 Å². The molecule has 3 heterocycles. The molecule has 2 aromatic carbocycles.